The summed E-state index contributed by atoms with van der Waals surface area (Å²) < 4.78 is 0. The Morgan fingerprint density at radius 1 is 1.33 bits per heavy atom. The molecule has 0 amide bonds. The Balaban J connectivity index is 0. The van der Waals surface area contributed by atoms with Crippen molar-refractivity contribution >= 4 is 11.9 Å². The topological polar surface area (TPSA) is 12.4 Å². The van der Waals surface area contributed by atoms with Crippen LogP contribution in [0.2, 0.25) is 0 Å². The van der Waals surface area contributed by atoms with Gasteiger partial charge in [0.1, 0.15) is 0 Å². The molecule has 0 saturated carbocycles. The molecule has 0 atom stereocenters. The van der Waals surface area contributed by atoms with E-state index in [2.05, 4.69) is 17.3 Å². The van der Waals surface area contributed by atoms with Crippen molar-refractivity contribution in [3.63, 3.8) is 0 Å². The van der Waals surface area contributed by atoms with Crippen LogP contribution in [0.25, 0.3) is 0 Å². The van der Waals surface area contributed by atoms with Crippen molar-refractivity contribution in [2.75, 3.05) is 0 Å². The minimum absolute atomic E-state index is 0. The van der Waals surface area contributed by atoms with E-state index in [0.717, 1.165) is 5.69 Å². The standard InChI is InChI=1S/C8H7N.C2H6.Y/c1-2-9-8-6-4-3-5-7-8;1-2;/h3-6H,1H3;1-2H3;/q-2;;. The molecule has 0 bridgehead atoms. The zero-order chi connectivity index (χ0) is 8.53. The molecule has 1 nitrogen and oxygen atoms in total. The number of nitrogens with zero attached hydrogens (tertiary/aromatic N) is 1. The summed E-state index contributed by atoms with van der Waals surface area (Å²) in [4.78, 5) is 3.90. The van der Waals surface area contributed by atoms with Crippen molar-refractivity contribution in [2.45, 2.75) is 20.8 Å². The largest absolute Gasteiger partial charge is 0.482 e. The van der Waals surface area contributed by atoms with Gasteiger partial charge in [0.2, 0.25) is 0 Å². The molecule has 0 heterocycles. The first-order valence-corrected chi connectivity index (χ1v) is 3.77. The second-order valence-electron chi connectivity index (χ2n) is 1.58. The van der Waals surface area contributed by atoms with E-state index >= 15 is 0 Å². The first kappa shape index (κ1) is 14.5. The number of hydrogen-bond acceptors (Lipinski definition) is 1. The SMILES string of the molecule is CC.C[C-]=Nc1[c-]cccc1.[Y]. The average molecular weight is 236 g/mol. The van der Waals surface area contributed by atoms with Gasteiger partial charge in [-0.2, -0.15) is 24.4 Å². The Kier molecular flexibility index (Phi) is 13.3. The van der Waals surface area contributed by atoms with Crippen LogP contribution in [0.5, 0.6) is 0 Å². The molecule has 0 aliphatic rings. The molecule has 63 valence electrons. The van der Waals surface area contributed by atoms with Crippen molar-refractivity contribution in [3.8, 4) is 0 Å². The minimum atomic E-state index is 0. The third kappa shape index (κ3) is 6.69. The molecule has 0 saturated heterocycles. The van der Waals surface area contributed by atoms with Gasteiger partial charge < -0.3 is 4.99 Å². The van der Waals surface area contributed by atoms with Crippen LogP contribution in [0.3, 0.4) is 0 Å². The molecule has 12 heavy (non-hydrogen) atoms. The van der Waals surface area contributed by atoms with Gasteiger partial charge in [-0.15, -0.1) is 6.92 Å². The van der Waals surface area contributed by atoms with E-state index in [9.17, 15) is 0 Å². The molecule has 1 radical (unpaired) electrons. The quantitative estimate of drug-likeness (QED) is 0.524. The summed E-state index contributed by atoms with van der Waals surface area (Å²) in [5, 5.41) is 0. The molecule has 1 aromatic carbocycles. The van der Waals surface area contributed by atoms with Gasteiger partial charge in [0.15, 0.2) is 0 Å². The van der Waals surface area contributed by atoms with E-state index in [-0.39, 0.29) is 32.7 Å². The fraction of sp³-hybridized carbons (Fsp3) is 0.300. The zero-order valence-electron chi connectivity index (χ0n) is 7.83. The van der Waals surface area contributed by atoms with Crippen LogP contribution in [-0.4, -0.2) is 6.21 Å². The van der Waals surface area contributed by atoms with Crippen LogP contribution in [0.4, 0.5) is 5.69 Å². The Bertz CT molecular complexity index is 194. The predicted molar refractivity (Wildman–Crippen MR) is 49.4 cm³/mol. The van der Waals surface area contributed by atoms with Crippen LogP contribution < -0.4 is 0 Å². The number of para-hydroxylation sites is 1. The van der Waals surface area contributed by atoms with E-state index in [1.54, 1.807) is 6.92 Å². The molecule has 0 spiro atoms. The van der Waals surface area contributed by atoms with Gasteiger partial charge in [-0.3, -0.25) is 6.07 Å². The summed E-state index contributed by atoms with van der Waals surface area (Å²) in [5.41, 5.74) is 0.833. The van der Waals surface area contributed by atoms with Gasteiger partial charge in [0.05, 0.1) is 0 Å². The van der Waals surface area contributed by atoms with E-state index in [1.165, 1.54) is 0 Å². The monoisotopic (exact) mass is 236 g/mol. The molecular weight excluding hydrogens is 223 g/mol. The first-order valence-electron chi connectivity index (χ1n) is 3.77. The number of hydrogen-bond donors (Lipinski definition) is 0. The summed E-state index contributed by atoms with van der Waals surface area (Å²) >= 11 is 0. The fourth-order valence-corrected chi connectivity index (χ4v) is 0.574. The smallest absolute Gasteiger partial charge is 0 e. The predicted octanol–water partition coefficient (Wildman–Crippen LogP) is 3.11. The van der Waals surface area contributed by atoms with Gasteiger partial charge in [-0.25, -0.2) is 11.8 Å². The maximum Gasteiger partial charge on any atom is 0 e. The third-order valence-electron chi connectivity index (χ3n) is 0.925. The van der Waals surface area contributed by atoms with Gasteiger partial charge in [-0.05, 0) is 0 Å². The van der Waals surface area contributed by atoms with Gasteiger partial charge >= 0.3 is 0 Å². The minimum Gasteiger partial charge on any atom is -0.482 e. The third-order valence-corrected chi connectivity index (χ3v) is 0.925. The molecule has 0 aliphatic heterocycles. The Labute approximate surface area is 100 Å². The number of benzene rings is 1. The van der Waals surface area contributed by atoms with Crippen molar-refractivity contribution in [2.24, 2.45) is 4.99 Å². The molecule has 0 unspecified atom stereocenters. The average Bonchev–Trinajstić information content (AvgIpc) is 2.11. The second kappa shape index (κ2) is 11.0. The fourth-order valence-electron chi connectivity index (χ4n) is 0.574. The summed E-state index contributed by atoms with van der Waals surface area (Å²) in [6.07, 6.45) is 2.68. The van der Waals surface area contributed by atoms with Gasteiger partial charge in [-0.1, -0.05) is 13.8 Å². The molecule has 1 rings (SSSR count). The van der Waals surface area contributed by atoms with Crippen molar-refractivity contribution in [1.82, 2.24) is 0 Å². The number of rotatable bonds is 1. The van der Waals surface area contributed by atoms with Crippen molar-refractivity contribution < 1.29 is 32.7 Å². The van der Waals surface area contributed by atoms with Crippen molar-refractivity contribution in [3.05, 3.63) is 30.3 Å². The summed E-state index contributed by atoms with van der Waals surface area (Å²) in [5.74, 6) is 0. The van der Waals surface area contributed by atoms with Crippen molar-refractivity contribution in [1.29, 1.82) is 0 Å². The first-order chi connectivity index (χ1) is 5.43. The Hall–Kier alpha value is -0.00610. The van der Waals surface area contributed by atoms with E-state index in [4.69, 9.17) is 0 Å². The summed E-state index contributed by atoms with van der Waals surface area (Å²) in [6, 6.07) is 10.5. The Morgan fingerprint density at radius 2 is 2.00 bits per heavy atom. The molecular formula is C10H13NY-2. The Morgan fingerprint density at radius 3 is 2.42 bits per heavy atom. The van der Waals surface area contributed by atoms with Gasteiger partial charge in [0, 0.05) is 32.7 Å². The van der Waals surface area contributed by atoms with Crippen LogP contribution >= 0.6 is 0 Å². The zero-order valence-corrected chi connectivity index (χ0v) is 10.7. The van der Waals surface area contributed by atoms with E-state index in [1.807, 2.05) is 38.1 Å². The molecule has 0 aromatic heterocycles. The van der Waals surface area contributed by atoms with Gasteiger partial charge in [0.25, 0.3) is 0 Å². The normalized spacial score (nSPS) is 8.25. The number of aliphatic imine (C=N–C) groups is 1. The van der Waals surface area contributed by atoms with Crippen LogP contribution in [0.15, 0.2) is 29.3 Å². The molecule has 2 heteroatoms. The van der Waals surface area contributed by atoms with Crippen LogP contribution in [0, 0.1) is 6.07 Å². The van der Waals surface area contributed by atoms with E-state index < -0.39 is 0 Å². The van der Waals surface area contributed by atoms with E-state index in [0.29, 0.717) is 0 Å². The maximum atomic E-state index is 3.90. The molecule has 0 aliphatic carbocycles. The van der Waals surface area contributed by atoms with Crippen LogP contribution in [0.1, 0.15) is 20.8 Å². The van der Waals surface area contributed by atoms with Crippen LogP contribution in [-0.2, 0) is 32.7 Å². The second-order valence-corrected chi connectivity index (χ2v) is 1.58. The summed E-state index contributed by atoms with van der Waals surface area (Å²) in [7, 11) is 0. The molecule has 1 aromatic rings. The summed E-state index contributed by atoms with van der Waals surface area (Å²) in [6.45, 7) is 5.76. The molecule has 0 fully saturated rings. The maximum absolute atomic E-state index is 3.90. The molecule has 0 N–H and O–H groups in total.